The molecule has 102 valence electrons. The number of rotatable bonds is 3. The topological polar surface area (TPSA) is 53.5 Å². The first-order valence-corrected chi connectivity index (χ1v) is 7.78. The van der Waals surface area contributed by atoms with E-state index >= 15 is 0 Å². The molecule has 2 unspecified atom stereocenters. The Bertz CT molecular complexity index is 345. The third-order valence-electron chi connectivity index (χ3n) is 3.82. The lowest BCUT2D eigenvalue weighted by Gasteiger charge is -2.36. The minimum atomic E-state index is 0.0587. The van der Waals surface area contributed by atoms with Crippen LogP contribution in [0.25, 0.3) is 0 Å². The molecular weight excluding hydrogens is 246 g/mol. The van der Waals surface area contributed by atoms with Gasteiger partial charge in [-0.15, -0.1) is 0 Å². The summed E-state index contributed by atoms with van der Waals surface area (Å²) < 4.78 is 0. The highest BCUT2D eigenvalue weighted by atomic mass is 32.2. The molecule has 2 rings (SSSR count). The zero-order chi connectivity index (χ0) is 13.0. The number of nitrogens with zero attached hydrogens (tertiary/aromatic N) is 1. The Balaban J connectivity index is 1.83. The number of carbonyl (C=O) groups excluding carboxylic acids is 1. The number of amidine groups is 1. The second-order valence-corrected chi connectivity index (χ2v) is 6.47. The standard InChI is InChI=1S/C13H23N3OS/c1-10-4-3-6-13(8-10)9-18-12(16-13)15-7-5-11(17)14-2/h10H,3-9H2,1-2H3,(H,14,17)(H,15,16). The maximum atomic E-state index is 11.1. The van der Waals surface area contributed by atoms with Gasteiger partial charge in [-0.3, -0.25) is 9.79 Å². The van der Waals surface area contributed by atoms with Crippen molar-refractivity contribution in [1.82, 2.24) is 10.6 Å². The Morgan fingerprint density at radius 3 is 3.22 bits per heavy atom. The minimum absolute atomic E-state index is 0.0587. The van der Waals surface area contributed by atoms with E-state index < -0.39 is 0 Å². The summed E-state index contributed by atoms with van der Waals surface area (Å²) in [6.07, 6.45) is 5.68. The fourth-order valence-electron chi connectivity index (χ4n) is 2.88. The van der Waals surface area contributed by atoms with Gasteiger partial charge in [0.05, 0.1) is 6.54 Å². The van der Waals surface area contributed by atoms with E-state index in [1.807, 2.05) is 11.8 Å². The Morgan fingerprint density at radius 1 is 1.67 bits per heavy atom. The van der Waals surface area contributed by atoms with E-state index in [0.717, 1.165) is 16.8 Å². The van der Waals surface area contributed by atoms with Crippen LogP contribution in [0.15, 0.2) is 4.99 Å². The van der Waals surface area contributed by atoms with Crippen LogP contribution in [0.5, 0.6) is 0 Å². The molecule has 4 nitrogen and oxygen atoms in total. The second kappa shape index (κ2) is 5.95. The van der Waals surface area contributed by atoms with Crippen molar-refractivity contribution in [3.05, 3.63) is 0 Å². The van der Waals surface area contributed by atoms with Gasteiger partial charge in [-0.25, -0.2) is 0 Å². The third kappa shape index (κ3) is 3.40. The van der Waals surface area contributed by atoms with E-state index in [1.54, 1.807) is 7.05 Å². The number of amides is 1. The Hall–Kier alpha value is -0.710. The van der Waals surface area contributed by atoms with Crippen LogP contribution in [-0.4, -0.2) is 36.0 Å². The Morgan fingerprint density at radius 2 is 2.50 bits per heavy atom. The number of thioether (sulfide) groups is 1. The molecule has 0 radical (unpaired) electrons. The van der Waals surface area contributed by atoms with Crippen LogP contribution in [0.3, 0.4) is 0 Å². The average Bonchev–Trinajstić information content (AvgIpc) is 2.71. The van der Waals surface area contributed by atoms with Crippen molar-refractivity contribution in [1.29, 1.82) is 0 Å². The van der Waals surface area contributed by atoms with Crippen LogP contribution in [0.4, 0.5) is 0 Å². The molecule has 0 aromatic rings. The molecule has 1 saturated carbocycles. The third-order valence-corrected chi connectivity index (χ3v) is 5.02. The normalized spacial score (nSPS) is 33.7. The van der Waals surface area contributed by atoms with Crippen LogP contribution in [0.2, 0.25) is 0 Å². The van der Waals surface area contributed by atoms with Gasteiger partial charge in [0.25, 0.3) is 0 Å². The summed E-state index contributed by atoms with van der Waals surface area (Å²) in [6, 6.07) is 0. The van der Waals surface area contributed by atoms with Gasteiger partial charge in [-0.2, -0.15) is 0 Å². The molecule has 2 fully saturated rings. The monoisotopic (exact) mass is 269 g/mol. The minimum Gasteiger partial charge on any atom is -0.359 e. The molecule has 0 aromatic heterocycles. The summed E-state index contributed by atoms with van der Waals surface area (Å²) in [5, 5.41) is 7.26. The fraction of sp³-hybridized carbons (Fsp3) is 0.846. The lowest BCUT2D eigenvalue weighted by atomic mass is 9.78. The smallest absolute Gasteiger partial charge is 0.221 e. The van der Waals surface area contributed by atoms with E-state index in [2.05, 4.69) is 22.5 Å². The number of nitrogens with one attached hydrogen (secondary N) is 2. The van der Waals surface area contributed by atoms with Crippen LogP contribution >= 0.6 is 11.8 Å². The number of hydrogen-bond donors (Lipinski definition) is 2. The summed E-state index contributed by atoms with van der Waals surface area (Å²) in [7, 11) is 1.66. The first-order chi connectivity index (χ1) is 8.63. The van der Waals surface area contributed by atoms with Gasteiger partial charge in [0.2, 0.25) is 5.91 Å². The van der Waals surface area contributed by atoms with Crippen LogP contribution in [-0.2, 0) is 4.79 Å². The highest BCUT2D eigenvalue weighted by molar-refractivity contribution is 8.14. The highest BCUT2D eigenvalue weighted by Crippen LogP contribution is 2.38. The molecule has 0 aromatic carbocycles. The zero-order valence-electron chi connectivity index (χ0n) is 11.3. The summed E-state index contributed by atoms with van der Waals surface area (Å²) in [5.74, 6) is 2.01. The Kier molecular flexibility index (Phi) is 4.54. The van der Waals surface area contributed by atoms with Gasteiger partial charge < -0.3 is 10.6 Å². The molecule has 1 amide bonds. The van der Waals surface area contributed by atoms with Crippen molar-refractivity contribution < 1.29 is 4.79 Å². The first kappa shape index (κ1) is 13.7. The molecule has 1 heterocycles. The van der Waals surface area contributed by atoms with Crippen LogP contribution in [0.1, 0.15) is 39.0 Å². The zero-order valence-corrected chi connectivity index (χ0v) is 12.1. The van der Waals surface area contributed by atoms with Gasteiger partial charge in [-0.05, 0) is 18.8 Å². The maximum Gasteiger partial charge on any atom is 0.221 e. The van der Waals surface area contributed by atoms with Crippen LogP contribution in [0, 0.1) is 5.92 Å². The van der Waals surface area contributed by atoms with Crippen molar-refractivity contribution in [2.45, 2.75) is 44.6 Å². The highest BCUT2D eigenvalue weighted by Gasteiger charge is 2.40. The van der Waals surface area contributed by atoms with Crippen molar-refractivity contribution in [3.63, 3.8) is 0 Å². The van der Waals surface area contributed by atoms with E-state index in [-0.39, 0.29) is 11.4 Å². The van der Waals surface area contributed by atoms with E-state index in [0.29, 0.717) is 13.0 Å². The van der Waals surface area contributed by atoms with Gasteiger partial charge >= 0.3 is 0 Å². The van der Waals surface area contributed by atoms with Gasteiger partial charge in [0.15, 0.2) is 5.17 Å². The van der Waals surface area contributed by atoms with Crippen molar-refractivity contribution >= 4 is 22.8 Å². The molecule has 1 aliphatic heterocycles. The molecular formula is C13H23N3OS. The second-order valence-electron chi connectivity index (χ2n) is 5.51. The van der Waals surface area contributed by atoms with E-state index in [1.165, 1.54) is 25.7 Å². The lowest BCUT2D eigenvalue weighted by Crippen LogP contribution is -2.47. The number of hydrogen-bond acceptors (Lipinski definition) is 3. The van der Waals surface area contributed by atoms with Crippen LogP contribution < -0.4 is 10.6 Å². The number of carbonyl (C=O) groups is 1. The molecule has 5 heteroatoms. The molecule has 2 aliphatic rings. The van der Waals surface area contributed by atoms with Crippen molar-refractivity contribution in [2.24, 2.45) is 10.9 Å². The number of aliphatic imine (C=N–C) groups is 1. The summed E-state index contributed by atoms with van der Waals surface area (Å²) in [4.78, 5) is 15.6. The molecule has 2 N–H and O–H groups in total. The summed E-state index contributed by atoms with van der Waals surface area (Å²) >= 11 is 1.82. The quantitative estimate of drug-likeness (QED) is 0.821. The molecule has 2 atom stereocenters. The van der Waals surface area contributed by atoms with Crippen molar-refractivity contribution in [2.75, 3.05) is 19.3 Å². The lowest BCUT2D eigenvalue weighted by molar-refractivity contribution is -0.120. The van der Waals surface area contributed by atoms with E-state index in [4.69, 9.17) is 0 Å². The molecule has 1 aliphatic carbocycles. The van der Waals surface area contributed by atoms with Gasteiger partial charge in [0, 0.05) is 24.8 Å². The first-order valence-electron chi connectivity index (χ1n) is 6.79. The van der Waals surface area contributed by atoms with Gasteiger partial charge in [0.1, 0.15) is 0 Å². The largest absolute Gasteiger partial charge is 0.359 e. The van der Waals surface area contributed by atoms with Gasteiger partial charge in [-0.1, -0.05) is 31.5 Å². The Labute approximate surface area is 113 Å². The summed E-state index contributed by atoms with van der Waals surface area (Å²) in [5.41, 5.74) is 0.286. The average molecular weight is 269 g/mol. The fourth-order valence-corrected chi connectivity index (χ4v) is 4.10. The molecule has 1 spiro atoms. The molecule has 18 heavy (non-hydrogen) atoms. The summed E-state index contributed by atoms with van der Waals surface area (Å²) in [6.45, 7) is 2.93. The molecule has 0 bridgehead atoms. The predicted molar refractivity (Wildman–Crippen MR) is 76.9 cm³/mol. The van der Waals surface area contributed by atoms with E-state index in [9.17, 15) is 4.79 Å². The SMILES string of the molecule is CNC(=O)CCN=C1NC2(CCCC(C)C2)CS1. The van der Waals surface area contributed by atoms with Crippen molar-refractivity contribution in [3.8, 4) is 0 Å². The molecule has 1 saturated heterocycles. The maximum absolute atomic E-state index is 11.1. The predicted octanol–water partition coefficient (Wildman–Crippen LogP) is 1.76.